The summed E-state index contributed by atoms with van der Waals surface area (Å²) in [6.45, 7) is -0.656. The third-order valence-electron chi connectivity index (χ3n) is 2.58. The van der Waals surface area contributed by atoms with Crippen LogP contribution in [-0.2, 0) is 0 Å². The van der Waals surface area contributed by atoms with E-state index in [1.165, 1.54) is 0 Å². The molecule has 1 aromatic carbocycles. The van der Waals surface area contributed by atoms with E-state index in [1.54, 1.807) is 0 Å². The summed E-state index contributed by atoms with van der Waals surface area (Å²) in [6.07, 6.45) is -1.50. The van der Waals surface area contributed by atoms with Crippen molar-refractivity contribution in [1.29, 1.82) is 0 Å². The molecule has 0 radical (unpaired) electrons. The molecular weight excluding hydrogens is 254 g/mol. The van der Waals surface area contributed by atoms with Crippen molar-refractivity contribution in [3.8, 4) is 0 Å². The fourth-order valence-electron chi connectivity index (χ4n) is 1.68. The molecule has 0 aromatic heterocycles. The number of rotatable bonds is 7. The van der Waals surface area contributed by atoms with Crippen molar-refractivity contribution >= 4 is 6.03 Å². The minimum atomic E-state index is -2.57. The van der Waals surface area contributed by atoms with E-state index in [4.69, 9.17) is 5.11 Å². The van der Waals surface area contributed by atoms with Gasteiger partial charge in [0.15, 0.2) is 0 Å². The molecule has 0 unspecified atom stereocenters. The third-order valence-corrected chi connectivity index (χ3v) is 2.58. The first kappa shape index (κ1) is 15.4. The molecule has 0 aliphatic heterocycles. The van der Waals surface area contributed by atoms with Crippen LogP contribution in [0.4, 0.5) is 13.6 Å². The Hall–Kier alpha value is -1.69. The highest BCUT2D eigenvalue weighted by molar-refractivity contribution is 5.74. The molecule has 2 amide bonds. The molecule has 19 heavy (non-hydrogen) atoms. The lowest BCUT2D eigenvalue weighted by molar-refractivity contribution is 0.146. The highest BCUT2D eigenvalue weighted by Gasteiger charge is 2.14. The number of amides is 2. The summed E-state index contributed by atoms with van der Waals surface area (Å²) in [5.74, 6) is 0. The van der Waals surface area contributed by atoms with Crippen LogP contribution in [0.5, 0.6) is 0 Å². The number of aliphatic hydroxyl groups excluding tert-OH is 1. The topological polar surface area (TPSA) is 61.4 Å². The summed E-state index contributed by atoms with van der Waals surface area (Å²) in [6, 6.07) is 8.27. The number of hydrogen-bond acceptors (Lipinski definition) is 2. The van der Waals surface area contributed by atoms with Gasteiger partial charge in [0.2, 0.25) is 0 Å². The average molecular weight is 272 g/mol. The highest BCUT2D eigenvalue weighted by Crippen LogP contribution is 2.17. The van der Waals surface area contributed by atoms with Gasteiger partial charge < -0.3 is 15.7 Å². The fraction of sp³-hybridized carbons (Fsp3) is 0.462. The quantitative estimate of drug-likeness (QED) is 0.711. The zero-order valence-electron chi connectivity index (χ0n) is 10.5. The van der Waals surface area contributed by atoms with E-state index in [2.05, 4.69) is 10.6 Å². The maximum atomic E-state index is 12.0. The van der Waals surface area contributed by atoms with Crippen LogP contribution in [0.1, 0.15) is 24.4 Å². The molecule has 0 fully saturated rings. The van der Waals surface area contributed by atoms with Crippen LogP contribution in [0.3, 0.4) is 0 Å². The van der Waals surface area contributed by atoms with Gasteiger partial charge in [-0.2, -0.15) is 0 Å². The monoisotopic (exact) mass is 272 g/mol. The SMILES string of the molecule is O=C(NCC(F)F)N[C@@H](CCCO)c1ccccc1. The van der Waals surface area contributed by atoms with Crippen LogP contribution in [0.15, 0.2) is 30.3 Å². The molecule has 106 valence electrons. The Morgan fingerprint density at radius 2 is 1.95 bits per heavy atom. The van der Waals surface area contributed by atoms with E-state index in [9.17, 15) is 13.6 Å². The fourth-order valence-corrected chi connectivity index (χ4v) is 1.68. The van der Waals surface area contributed by atoms with Gasteiger partial charge in [-0.25, -0.2) is 13.6 Å². The van der Waals surface area contributed by atoms with Gasteiger partial charge in [-0.05, 0) is 18.4 Å². The van der Waals surface area contributed by atoms with Gasteiger partial charge in [-0.1, -0.05) is 30.3 Å². The Kier molecular flexibility index (Phi) is 6.81. The van der Waals surface area contributed by atoms with Gasteiger partial charge in [0.1, 0.15) is 0 Å². The first-order chi connectivity index (χ1) is 9.13. The third kappa shape index (κ3) is 6.15. The van der Waals surface area contributed by atoms with E-state index in [-0.39, 0.29) is 12.6 Å². The number of alkyl halides is 2. The van der Waals surface area contributed by atoms with Crippen LogP contribution in [-0.4, -0.2) is 30.7 Å². The molecule has 0 aliphatic rings. The number of carbonyl (C=O) groups excluding carboxylic acids is 1. The highest BCUT2D eigenvalue weighted by atomic mass is 19.3. The van der Waals surface area contributed by atoms with Gasteiger partial charge in [-0.3, -0.25) is 0 Å². The first-order valence-electron chi connectivity index (χ1n) is 6.11. The molecule has 0 saturated carbocycles. The van der Waals surface area contributed by atoms with Gasteiger partial charge in [0.05, 0.1) is 12.6 Å². The summed E-state index contributed by atoms with van der Waals surface area (Å²) in [5, 5.41) is 13.6. The van der Waals surface area contributed by atoms with E-state index in [1.807, 2.05) is 30.3 Å². The van der Waals surface area contributed by atoms with Crippen molar-refractivity contribution in [1.82, 2.24) is 10.6 Å². The number of nitrogens with one attached hydrogen (secondary N) is 2. The Morgan fingerprint density at radius 1 is 1.26 bits per heavy atom. The van der Waals surface area contributed by atoms with Crippen molar-refractivity contribution < 1.29 is 18.7 Å². The predicted octanol–water partition coefficient (Wildman–Crippen LogP) is 2.06. The van der Waals surface area contributed by atoms with Crippen molar-refractivity contribution in [3.63, 3.8) is 0 Å². The number of benzene rings is 1. The van der Waals surface area contributed by atoms with E-state index < -0.39 is 19.0 Å². The maximum Gasteiger partial charge on any atom is 0.315 e. The standard InChI is InChI=1S/C13H18F2N2O2/c14-12(15)9-16-13(19)17-11(7-4-8-18)10-5-2-1-3-6-10/h1-3,5-6,11-12,18H,4,7-9H2,(H2,16,17,19)/t11-/m0/s1. The number of carbonyl (C=O) groups is 1. The number of hydrogen-bond donors (Lipinski definition) is 3. The molecule has 1 aromatic rings. The van der Waals surface area contributed by atoms with Gasteiger partial charge in [0.25, 0.3) is 6.43 Å². The predicted molar refractivity (Wildman–Crippen MR) is 68.0 cm³/mol. The van der Waals surface area contributed by atoms with E-state index >= 15 is 0 Å². The number of halogens is 2. The van der Waals surface area contributed by atoms with E-state index in [0.717, 1.165) is 5.56 Å². The van der Waals surface area contributed by atoms with Gasteiger partial charge >= 0.3 is 6.03 Å². The lowest BCUT2D eigenvalue weighted by Gasteiger charge is -2.19. The van der Waals surface area contributed by atoms with Crippen molar-refractivity contribution in [2.24, 2.45) is 0 Å². The number of aliphatic hydroxyl groups is 1. The smallest absolute Gasteiger partial charge is 0.315 e. The summed E-state index contributed by atoms with van der Waals surface area (Å²) < 4.78 is 24.0. The normalized spacial score (nSPS) is 12.2. The van der Waals surface area contributed by atoms with E-state index in [0.29, 0.717) is 12.8 Å². The molecule has 4 nitrogen and oxygen atoms in total. The van der Waals surface area contributed by atoms with Crippen molar-refractivity contribution in [2.75, 3.05) is 13.2 Å². The Bertz CT molecular complexity index is 374. The molecule has 1 rings (SSSR count). The molecule has 6 heteroatoms. The molecule has 1 atom stereocenters. The Labute approximate surface area is 110 Å². The van der Waals surface area contributed by atoms with Crippen molar-refractivity contribution in [3.05, 3.63) is 35.9 Å². The second-order valence-electron chi connectivity index (χ2n) is 4.07. The van der Waals surface area contributed by atoms with Crippen LogP contribution in [0, 0.1) is 0 Å². The zero-order chi connectivity index (χ0) is 14.1. The Balaban J connectivity index is 2.57. The van der Waals surface area contributed by atoms with Crippen LogP contribution < -0.4 is 10.6 Å². The lowest BCUT2D eigenvalue weighted by atomic mass is 10.0. The molecule has 0 aliphatic carbocycles. The molecular formula is C13H18F2N2O2. The molecule has 0 heterocycles. The molecule has 0 bridgehead atoms. The average Bonchev–Trinajstić information content (AvgIpc) is 2.42. The summed E-state index contributed by atoms with van der Waals surface area (Å²) in [4.78, 5) is 11.5. The lowest BCUT2D eigenvalue weighted by Crippen LogP contribution is -2.40. The first-order valence-corrected chi connectivity index (χ1v) is 6.11. The molecule has 3 N–H and O–H groups in total. The second kappa shape index (κ2) is 8.42. The summed E-state index contributed by atoms with van der Waals surface area (Å²) >= 11 is 0. The van der Waals surface area contributed by atoms with Crippen LogP contribution >= 0.6 is 0 Å². The van der Waals surface area contributed by atoms with Crippen molar-refractivity contribution in [2.45, 2.75) is 25.3 Å². The van der Waals surface area contributed by atoms with Crippen LogP contribution in [0.25, 0.3) is 0 Å². The molecule has 0 saturated heterocycles. The Morgan fingerprint density at radius 3 is 2.53 bits per heavy atom. The summed E-state index contributed by atoms with van der Waals surface area (Å²) in [5.41, 5.74) is 0.878. The maximum absolute atomic E-state index is 12.0. The minimum Gasteiger partial charge on any atom is -0.396 e. The van der Waals surface area contributed by atoms with Gasteiger partial charge in [-0.15, -0.1) is 0 Å². The zero-order valence-corrected chi connectivity index (χ0v) is 10.5. The largest absolute Gasteiger partial charge is 0.396 e. The van der Waals surface area contributed by atoms with Crippen LogP contribution in [0.2, 0.25) is 0 Å². The minimum absolute atomic E-state index is 0.0175. The second-order valence-corrected chi connectivity index (χ2v) is 4.07. The van der Waals surface area contributed by atoms with Gasteiger partial charge in [0, 0.05) is 6.61 Å². The molecule has 0 spiro atoms. The summed E-state index contributed by atoms with van der Waals surface area (Å²) in [7, 11) is 0. The number of urea groups is 1.